The van der Waals surface area contributed by atoms with Crippen LogP contribution in [0.15, 0.2) is 30.3 Å². The fourth-order valence-electron chi connectivity index (χ4n) is 2.54. The molecule has 1 aliphatic rings. The van der Waals surface area contributed by atoms with Gasteiger partial charge in [-0.3, -0.25) is 0 Å². The van der Waals surface area contributed by atoms with E-state index in [4.69, 9.17) is 4.74 Å². The van der Waals surface area contributed by atoms with Gasteiger partial charge in [-0.1, -0.05) is 13.3 Å². The third-order valence-corrected chi connectivity index (χ3v) is 3.71. The summed E-state index contributed by atoms with van der Waals surface area (Å²) < 4.78 is 18.4. The van der Waals surface area contributed by atoms with Crippen molar-refractivity contribution >= 4 is 17.5 Å². The molecule has 2 aromatic rings. The van der Waals surface area contributed by atoms with E-state index in [2.05, 4.69) is 27.1 Å². The van der Waals surface area contributed by atoms with E-state index in [1.54, 1.807) is 12.1 Å². The van der Waals surface area contributed by atoms with Gasteiger partial charge in [-0.05, 0) is 30.7 Å². The fraction of sp³-hybridized carbons (Fsp3) is 0.412. The number of halogens is 1. The summed E-state index contributed by atoms with van der Waals surface area (Å²) in [5.41, 5.74) is 1.78. The third kappa shape index (κ3) is 4.16. The predicted molar refractivity (Wildman–Crippen MR) is 88.7 cm³/mol. The largest absolute Gasteiger partial charge is 0.378 e. The molecule has 0 aliphatic carbocycles. The van der Waals surface area contributed by atoms with Gasteiger partial charge in [-0.25, -0.2) is 9.37 Å². The van der Waals surface area contributed by atoms with Crippen LogP contribution >= 0.6 is 0 Å². The molecular weight excluding hydrogens is 295 g/mol. The topological polar surface area (TPSA) is 50.3 Å². The predicted octanol–water partition coefficient (Wildman–Crippen LogP) is 3.15. The SMILES string of the molecule is CCCc1cc(N2CCOCC2)nc(Nc2ccc(F)cc2)n1. The number of aromatic nitrogens is 2. The van der Waals surface area contributed by atoms with Gasteiger partial charge in [0, 0.05) is 30.5 Å². The van der Waals surface area contributed by atoms with Crippen LogP contribution in [-0.2, 0) is 11.2 Å². The summed E-state index contributed by atoms with van der Waals surface area (Å²) in [7, 11) is 0. The van der Waals surface area contributed by atoms with Crippen LogP contribution in [0.2, 0.25) is 0 Å². The highest BCUT2D eigenvalue weighted by Crippen LogP contribution is 2.20. The van der Waals surface area contributed by atoms with Crippen LogP contribution in [0.1, 0.15) is 19.0 Å². The van der Waals surface area contributed by atoms with Gasteiger partial charge in [0.25, 0.3) is 0 Å². The van der Waals surface area contributed by atoms with Crippen LogP contribution in [0, 0.1) is 5.82 Å². The number of morpholine rings is 1. The van der Waals surface area contributed by atoms with Gasteiger partial charge >= 0.3 is 0 Å². The summed E-state index contributed by atoms with van der Waals surface area (Å²) in [5, 5.41) is 3.16. The van der Waals surface area contributed by atoms with E-state index in [0.29, 0.717) is 19.2 Å². The van der Waals surface area contributed by atoms with Gasteiger partial charge in [0.05, 0.1) is 13.2 Å². The minimum atomic E-state index is -0.259. The molecule has 0 unspecified atom stereocenters. The number of rotatable bonds is 5. The summed E-state index contributed by atoms with van der Waals surface area (Å²) in [6, 6.07) is 8.24. The Morgan fingerprint density at radius 2 is 1.91 bits per heavy atom. The van der Waals surface area contributed by atoms with E-state index >= 15 is 0 Å². The van der Waals surface area contributed by atoms with E-state index in [-0.39, 0.29) is 5.82 Å². The van der Waals surface area contributed by atoms with E-state index < -0.39 is 0 Å². The molecule has 3 rings (SSSR count). The van der Waals surface area contributed by atoms with Crippen molar-refractivity contribution in [3.8, 4) is 0 Å². The first-order valence-electron chi connectivity index (χ1n) is 7.98. The molecular formula is C17H21FN4O. The van der Waals surface area contributed by atoms with E-state index in [1.807, 2.05) is 6.07 Å². The molecule has 0 spiro atoms. The van der Waals surface area contributed by atoms with Crippen LogP contribution in [0.4, 0.5) is 21.8 Å². The maximum atomic E-state index is 13.0. The van der Waals surface area contributed by atoms with Crippen LogP contribution in [0.5, 0.6) is 0 Å². The zero-order chi connectivity index (χ0) is 16.1. The van der Waals surface area contributed by atoms with Crippen molar-refractivity contribution in [2.45, 2.75) is 19.8 Å². The molecule has 122 valence electrons. The Morgan fingerprint density at radius 1 is 1.17 bits per heavy atom. The smallest absolute Gasteiger partial charge is 0.229 e. The minimum Gasteiger partial charge on any atom is -0.378 e. The Labute approximate surface area is 135 Å². The number of hydrogen-bond donors (Lipinski definition) is 1. The first-order valence-corrected chi connectivity index (χ1v) is 7.98. The minimum absolute atomic E-state index is 0.259. The molecule has 0 atom stereocenters. The normalized spacial score (nSPS) is 14.8. The maximum absolute atomic E-state index is 13.0. The first kappa shape index (κ1) is 15.7. The standard InChI is InChI=1S/C17H21FN4O/c1-2-3-15-12-16(22-8-10-23-11-9-22)21-17(20-15)19-14-6-4-13(18)5-7-14/h4-7,12H,2-3,8-11H2,1H3,(H,19,20,21). The van der Waals surface area contributed by atoms with Gasteiger partial charge in [-0.2, -0.15) is 4.98 Å². The number of ether oxygens (including phenoxy) is 1. The molecule has 5 nitrogen and oxygen atoms in total. The highest BCUT2D eigenvalue weighted by molar-refractivity contribution is 5.55. The lowest BCUT2D eigenvalue weighted by Crippen LogP contribution is -2.37. The lowest BCUT2D eigenvalue weighted by atomic mass is 10.2. The number of nitrogens with one attached hydrogen (secondary N) is 1. The lowest BCUT2D eigenvalue weighted by molar-refractivity contribution is 0.122. The average molecular weight is 316 g/mol. The second-order valence-corrected chi connectivity index (χ2v) is 5.52. The second-order valence-electron chi connectivity index (χ2n) is 5.52. The van der Waals surface area contributed by atoms with E-state index in [9.17, 15) is 4.39 Å². The van der Waals surface area contributed by atoms with Crippen molar-refractivity contribution in [2.24, 2.45) is 0 Å². The zero-order valence-electron chi connectivity index (χ0n) is 13.3. The van der Waals surface area contributed by atoms with Gasteiger partial charge in [0.1, 0.15) is 11.6 Å². The Balaban J connectivity index is 1.85. The molecule has 1 aromatic heterocycles. The average Bonchev–Trinajstić information content (AvgIpc) is 2.58. The zero-order valence-corrected chi connectivity index (χ0v) is 13.3. The van der Waals surface area contributed by atoms with Crippen LogP contribution in [0.3, 0.4) is 0 Å². The highest BCUT2D eigenvalue weighted by atomic mass is 19.1. The van der Waals surface area contributed by atoms with Crippen molar-refractivity contribution in [3.63, 3.8) is 0 Å². The van der Waals surface area contributed by atoms with Crippen LogP contribution < -0.4 is 10.2 Å². The summed E-state index contributed by atoms with van der Waals surface area (Å²) in [5.74, 6) is 1.20. The number of hydrogen-bond acceptors (Lipinski definition) is 5. The van der Waals surface area contributed by atoms with Crippen molar-refractivity contribution in [1.82, 2.24) is 9.97 Å². The van der Waals surface area contributed by atoms with Gasteiger partial charge in [-0.15, -0.1) is 0 Å². The molecule has 1 aromatic carbocycles. The molecule has 1 N–H and O–H groups in total. The molecule has 0 radical (unpaired) electrons. The van der Waals surface area contributed by atoms with Gasteiger partial charge in [0.15, 0.2) is 0 Å². The number of nitrogens with zero attached hydrogens (tertiary/aromatic N) is 3. The highest BCUT2D eigenvalue weighted by Gasteiger charge is 2.15. The molecule has 1 fully saturated rings. The molecule has 0 saturated carbocycles. The molecule has 1 aliphatic heterocycles. The van der Waals surface area contributed by atoms with Crippen LogP contribution in [-0.4, -0.2) is 36.3 Å². The molecule has 2 heterocycles. The number of anilines is 3. The molecule has 6 heteroatoms. The van der Waals surface area contributed by atoms with Gasteiger partial charge < -0.3 is 15.0 Å². The van der Waals surface area contributed by atoms with E-state index in [0.717, 1.165) is 43.1 Å². The number of aryl methyl sites for hydroxylation is 1. The first-order chi connectivity index (χ1) is 11.2. The van der Waals surface area contributed by atoms with Crippen molar-refractivity contribution < 1.29 is 9.13 Å². The maximum Gasteiger partial charge on any atom is 0.229 e. The Morgan fingerprint density at radius 3 is 2.61 bits per heavy atom. The number of benzene rings is 1. The summed E-state index contributed by atoms with van der Waals surface area (Å²) >= 11 is 0. The summed E-state index contributed by atoms with van der Waals surface area (Å²) in [6.07, 6.45) is 1.92. The fourth-order valence-corrected chi connectivity index (χ4v) is 2.54. The Kier molecular flexibility index (Phi) is 5.02. The Bertz CT molecular complexity index is 642. The van der Waals surface area contributed by atoms with Gasteiger partial charge in [0.2, 0.25) is 5.95 Å². The summed E-state index contributed by atoms with van der Waals surface area (Å²) in [6.45, 7) is 5.22. The van der Waals surface area contributed by atoms with Crippen molar-refractivity contribution in [2.75, 3.05) is 36.5 Å². The monoisotopic (exact) mass is 316 g/mol. The lowest BCUT2D eigenvalue weighted by Gasteiger charge is -2.28. The second kappa shape index (κ2) is 7.37. The van der Waals surface area contributed by atoms with Crippen LogP contribution in [0.25, 0.3) is 0 Å². The van der Waals surface area contributed by atoms with Crippen molar-refractivity contribution in [1.29, 1.82) is 0 Å². The van der Waals surface area contributed by atoms with Crippen molar-refractivity contribution in [3.05, 3.63) is 41.8 Å². The quantitative estimate of drug-likeness (QED) is 0.918. The molecule has 23 heavy (non-hydrogen) atoms. The Hall–Kier alpha value is -2.21. The summed E-state index contributed by atoms with van der Waals surface area (Å²) in [4.78, 5) is 11.4. The molecule has 1 saturated heterocycles. The molecule has 0 bridgehead atoms. The molecule has 0 amide bonds. The third-order valence-electron chi connectivity index (χ3n) is 3.71. The van der Waals surface area contributed by atoms with E-state index in [1.165, 1.54) is 12.1 Å².